The van der Waals surface area contributed by atoms with Crippen LogP contribution in [0.15, 0.2) is 0 Å². The number of rotatable bonds is 4. The van der Waals surface area contributed by atoms with Gasteiger partial charge in [-0.2, -0.15) is 0 Å². The van der Waals surface area contributed by atoms with Crippen molar-refractivity contribution >= 4 is 6.41 Å². The molecule has 1 saturated carbocycles. The van der Waals surface area contributed by atoms with Crippen LogP contribution in [0.2, 0.25) is 0 Å². The Balaban J connectivity index is 2.38. The lowest BCUT2D eigenvalue weighted by Crippen LogP contribution is -2.36. The van der Waals surface area contributed by atoms with Crippen molar-refractivity contribution in [2.24, 2.45) is 11.3 Å². The summed E-state index contributed by atoms with van der Waals surface area (Å²) < 4.78 is 0. The molecule has 1 aliphatic rings. The van der Waals surface area contributed by atoms with Gasteiger partial charge >= 0.3 is 0 Å². The molecular formula is C12H23NO. The summed E-state index contributed by atoms with van der Waals surface area (Å²) in [7, 11) is 0. The summed E-state index contributed by atoms with van der Waals surface area (Å²) in [6.45, 7) is 7.01. The molecular weight excluding hydrogens is 174 g/mol. The van der Waals surface area contributed by atoms with Gasteiger partial charge in [-0.3, -0.25) is 4.79 Å². The van der Waals surface area contributed by atoms with E-state index < -0.39 is 0 Å². The van der Waals surface area contributed by atoms with Gasteiger partial charge in [0.15, 0.2) is 0 Å². The smallest absolute Gasteiger partial charge is 0.207 e. The highest BCUT2D eigenvalue weighted by atomic mass is 16.1. The second-order valence-corrected chi connectivity index (χ2v) is 5.18. The third kappa shape index (κ3) is 2.73. The highest BCUT2D eigenvalue weighted by Crippen LogP contribution is 2.40. The van der Waals surface area contributed by atoms with Crippen molar-refractivity contribution in [3.8, 4) is 0 Å². The molecule has 2 nitrogen and oxygen atoms in total. The molecule has 0 atom stereocenters. The molecule has 1 amide bonds. The van der Waals surface area contributed by atoms with E-state index in [1.54, 1.807) is 0 Å². The fourth-order valence-electron chi connectivity index (χ4n) is 2.43. The van der Waals surface area contributed by atoms with Crippen LogP contribution in [0.4, 0.5) is 0 Å². The van der Waals surface area contributed by atoms with Crippen LogP contribution in [0.25, 0.3) is 0 Å². The summed E-state index contributed by atoms with van der Waals surface area (Å²) >= 11 is 0. The first kappa shape index (κ1) is 11.5. The van der Waals surface area contributed by atoms with Crippen LogP contribution in [-0.4, -0.2) is 12.5 Å². The average molecular weight is 197 g/mol. The molecule has 0 spiro atoms. The molecule has 2 heteroatoms. The third-order valence-electron chi connectivity index (χ3n) is 4.05. The molecule has 0 heterocycles. The predicted octanol–water partition coefficient (Wildman–Crippen LogP) is 2.73. The fourth-order valence-corrected chi connectivity index (χ4v) is 2.43. The SMILES string of the molecule is CCC(C)(C)C1CCC(NC=O)CC1. The molecule has 1 rings (SSSR count). The van der Waals surface area contributed by atoms with Crippen LogP contribution in [-0.2, 0) is 4.79 Å². The minimum atomic E-state index is 0.441. The summed E-state index contributed by atoms with van der Waals surface area (Å²) in [4.78, 5) is 10.3. The highest BCUT2D eigenvalue weighted by Gasteiger charge is 2.31. The zero-order chi connectivity index (χ0) is 10.6. The van der Waals surface area contributed by atoms with E-state index in [1.165, 1.54) is 19.3 Å². The maximum atomic E-state index is 10.3. The maximum absolute atomic E-state index is 10.3. The molecule has 14 heavy (non-hydrogen) atoms. The van der Waals surface area contributed by atoms with Gasteiger partial charge in [0, 0.05) is 6.04 Å². The Morgan fingerprint density at radius 2 is 1.86 bits per heavy atom. The lowest BCUT2D eigenvalue weighted by Gasteiger charge is -2.38. The molecule has 0 bridgehead atoms. The average Bonchev–Trinajstić information content (AvgIpc) is 2.19. The van der Waals surface area contributed by atoms with Crippen LogP contribution in [0, 0.1) is 11.3 Å². The van der Waals surface area contributed by atoms with E-state index in [9.17, 15) is 4.79 Å². The van der Waals surface area contributed by atoms with Crippen LogP contribution >= 0.6 is 0 Å². The molecule has 0 aromatic heterocycles. The Morgan fingerprint density at radius 1 is 1.29 bits per heavy atom. The first-order valence-electron chi connectivity index (χ1n) is 5.80. The molecule has 1 N–H and O–H groups in total. The van der Waals surface area contributed by atoms with Gasteiger partial charge in [-0.1, -0.05) is 27.2 Å². The van der Waals surface area contributed by atoms with Crippen LogP contribution in [0.3, 0.4) is 0 Å². The van der Waals surface area contributed by atoms with Crippen molar-refractivity contribution in [1.29, 1.82) is 0 Å². The Morgan fingerprint density at radius 3 is 2.29 bits per heavy atom. The Labute approximate surface area is 87.5 Å². The second-order valence-electron chi connectivity index (χ2n) is 5.18. The summed E-state index contributed by atoms with van der Waals surface area (Å²) in [6, 6.07) is 0.441. The van der Waals surface area contributed by atoms with Gasteiger partial charge in [-0.25, -0.2) is 0 Å². The minimum absolute atomic E-state index is 0.441. The second kappa shape index (κ2) is 4.81. The van der Waals surface area contributed by atoms with Crippen LogP contribution < -0.4 is 5.32 Å². The lowest BCUT2D eigenvalue weighted by molar-refractivity contribution is -0.110. The molecule has 0 saturated heterocycles. The van der Waals surface area contributed by atoms with Gasteiger partial charge in [-0.05, 0) is 37.0 Å². The predicted molar refractivity (Wildman–Crippen MR) is 59.0 cm³/mol. The number of carbonyl (C=O) groups excluding carboxylic acids is 1. The first-order chi connectivity index (χ1) is 6.60. The topological polar surface area (TPSA) is 29.1 Å². The first-order valence-corrected chi connectivity index (χ1v) is 5.80. The number of amides is 1. The van der Waals surface area contributed by atoms with Gasteiger partial charge in [0.05, 0.1) is 0 Å². The third-order valence-corrected chi connectivity index (χ3v) is 4.05. The molecule has 1 aliphatic carbocycles. The van der Waals surface area contributed by atoms with E-state index >= 15 is 0 Å². The molecule has 82 valence electrons. The van der Waals surface area contributed by atoms with E-state index in [1.807, 2.05) is 0 Å². The standard InChI is InChI=1S/C12H23NO/c1-4-12(2,3)10-5-7-11(8-6-10)13-9-14/h9-11H,4-8H2,1-3H3,(H,13,14). The van der Waals surface area contributed by atoms with Crippen LogP contribution in [0.1, 0.15) is 52.9 Å². The zero-order valence-corrected chi connectivity index (χ0v) is 9.68. The Kier molecular flexibility index (Phi) is 3.97. The summed E-state index contributed by atoms with van der Waals surface area (Å²) in [5.74, 6) is 0.845. The monoisotopic (exact) mass is 197 g/mol. The number of hydrogen-bond acceptors (Lipinski definition) is 1. The Hall–Kier alpha value is -0.530. The van der Waals surface area contributed by atoms with Gasteiger partial charge < -0.3 is 5.32 Å². The normalized spacial score (nSPS) is 28.5. The molecule has 0 aromatic rings. The highest BCUT2D eigenvalue weighted by molar-refractivity contribution is 5.46. The van der Waals surface area contributed by atoms with E-state index in [-0.39, 0.29) is 0 Å². The van der Waals surface area contributed by atoms with Crippen molar-refractivity contribution in [3.05, 3.63) is 0 Å². The number of carbonyl (C=O) groups is 1. The Bertz CT molecular complexity index is 181. The van der Waals surface area contributed by atoms with Gasteiger partial charge in [0.1, 0.15) is 0 Å². The van der Waals surface area contributed by atoms with Crippen molar-refractivity contribution in [3.63, 3.8) is 0 Å². The van der Waals surface area contributed by atoms with Crippen molar-refractivity contribution < 1.29 is 4.79 Å². The fraction of sp³-hybridized carbons (Fsp3) is 0.917. The molecule has 0 unspecified atom stereocenters. The lowest BCUT2D eigenvalue weighted by atomic mass is 9.69. The van der Waals surface area contributed by atoms with Crippen molar-refractivity contribution in [2.45, 2.75) is 58.9 Å². The number of nitrogens with one attached hydrogen (secondary N) is 1. The molecule has 0 aromatic carbocycles. The van der Waals surface area contributed by atoms with Gasteiger partial charge in [0.2, 0.25) is 6.41 Å². The van der Waals surface area contributed by atoms with Gasteiger partial charge in [-0.15, -0.1) is 0 Å². The van der Waals surface area contributed by atoms with E-state index in [0.717, 1.165) is 25.2 Å². The van der Waals surface area contributed by atoms with Crippen molar-refractivity contribution in [1.82, 2.24) is 5.32 Å². The quantitative estimate of drug-likeness (QED) is 0.690. The van der Waals surface area contributed by atoms with Gasteiger partial charge in [0.25, 0.3) is 0 Å². The van der Waals surface area contributed by atoms with E-state index in [0.29, 0.717) is 11.5 Å². The summed E-state index contributed by atoms with van der Waals surface area (Å²) in [5.41, 5.74) is 0.478. The minimum Gasteiger partial charge on any atom is -0.356 e. The maximum Gasteiger partial charge on any atom is 0.207 e. The zero-order valence-electron chi connectivity index (χ0n) is 9.68. The molecule has 0 radical (unpaired) electrons. The molecule has 0 aliphatic heterocycles. The van der Waals surface area contributed by atoms with E-state index in [4.69, 9.17) is 0 Å². The largest absolute Gasteiger partial charge is 0.356 e. The number of hydrogen-bond donors (Lipinski definition) is 1. The molecule has 1 fully saturated rings. The summed E-state index contributed by atoms with van der Waals surface area (Å²) in [5, 5.41) is 2.89. The summed E-state index contributed by atoms with van der Waals surface area (Å²) in [6.07, 6.45) is 6.96. The van der Waals surface area contributed by atoms with Crippen LogP contribution in [0.5, 0.6) is 0 Å². The van der Waals surface area contributed by atoms with E-state index in [2.05, 4.69) is 26.1 Å². The van der Waals surface area contributed by atoms with Crippen molar-refractivity contribution in [2.75, 3.05) is 0 Å².